The number of thiocarbonyl (C=S) groups is 1. The van der Waals surface area contributed by atoms with Crippen molar-refractivity contribution in [1.82, 2.24) is 0 Å². The van der Waals surface area contributed by atoms with E-state index in [2.05, 4.69) is 0 Å². The number of rotatable bonds is 4. The van der Waals surface area contributed by atoms with Crippen molar-refractivity contribution in [3.8, 4) is 5.75 Å². The lowest BCUT2D eigenvalue weighted by atomic mass is 10.1. The summed E-state index contributed by atoms with van der Waals surface area (Å²) in [4.78, 5) is 2.43. The number of methoxy groups -OCH3 is 1. The molecular formula is C16H18N2OS. The Labute approximate surface area is 125 Å². The van der Waals surface area contributed by atoms with Crippen LogP contribution in [0, 0.1) is 6.92 Å². The summed E-state index contributed by atoms with van der Waals surface area (Å²) in [6.07, 6.45) is 0. The summed E-state index contributed by atoms with van der Waals surface area (Å²) >= 11 is 5.16. The highest BCUT2D eigenvalue weighted by molar-refractivity contribution is 7.80. The molecule has 0 saturated carbocycles. The first kappa shape index (κ1) is 14.3. The number of hydrogen-bond donors (Lipinski definition) is 1. The number of hydrogen-bond acceptors (Lipinski definition) is 3. The monoisotopic (exact) mass is 286 g/mol. The van der Waals surface area contributed by atoms with Crippen molar-refractivity contribution < 1.29 is 4.74 Å². The van der Waals surface area contributed by atoms with Crippen LogP contribution in [0.2, 0.25) is 0 Å². The average molecular weight is 286 g/mol. The molecule has 0 fully saturated rings. The van der Waals surface area contributed by atoms with E-state index >= 15 is 0 Å². The lowest BCUT2D eigenvalue weighted by Crippen LogP contribution is -2.18. The zero-order chi connectivity index (χ0) is 14.7. The Balaban J connectivity index is 2.53. The lowest BCUT2D eigenvalue weighted by Gasteiger charge is -2.24. The Morgan fingerprint density at radius 1 is 1.15 bits per heavy atom. The second-order valence-corrected chi connectivity index (χ2v) is 5.06. The van der Waals surface area contributed by atoms with E-state index in [1.54, 1.807) is 7.11 Å². The maximum Gasteiger partial charge on any atom is 0.142 e. The molecule has 0 atom stereocenters. The molecule has 2 rings (SSSR count). The number of para-hydroxylation sites is 2. The summed E-state index contributed by atoms with van der Waals surface area (Å²) in [5.74, 6) is 0.810. The van der Waals surface area contributed by atoms with Crippen molar-refractivity contribution in [3.05, 3.63) is 53.6 Å². The quantitative estimate of drug-likeness (QED) is 0.874. The zero-order valence-corrected chi connectivity index (χ0v) is 12.7. The van der Waals surface area contributed by atoms with E-state index in [-0.39, 0.29) is 0 Å². The SMILES string of the molecule is COc1ccccc1N(C)c1ccc(C)cc1C(N)=S. The predicted octanol–water partition coefficient (Wildman–Crippen LogP) is 3.41. The third-order valence-corrected chi connectivity index (χ3v) is 3.45. The average Bonchev–Trinajstić information content (AvgIpc) is 2.46. The smallest absolute Gasteiger partial charge is 0.142 e. The van der Waals surface area contributed by atoms with Crippen molar-refractivity contribution in [2.45, 2.75) is 6.92 Å². The van der Waals surface area contributed by atoms with E-state index in [1.807, 2.05) is 61.3 Å². The predicted molar refractivity (Wildman–Crippen MR) is 88.1 cm³/mol. The maximum atomic E-state index is 5.84. The number of aryl methyl sites for hydroxylation is 1. The summed E-state index contributed by atoms with van der Waals surface area (Å²) in [6, 6.07) is 13.9. The first-order valence-corrected chi connectivity index (χ1v) is 6.72. The van der Waals surface area contributed by atoms with Crippen molar-refractivity contribution >= 4 is 28.6 Å². The molecule has 0 spiro atoms. The molecule has 0 aliphatic rings. The molecule has 0 saturated heterocycles. The van der Waals surface area contributed by atoms with E-state index in [0.29, 0.717) is 4.99 Å². The second kappa shape index (κ2) is 5.92. The van der Waals surface area contributed by atoms with Crippen LogP contribution in [0.25, 0.3) is 0 Å². The van der Waals surface area contributed by atoms with Gasteiger partial charge >= 0.3 is 0 Å². The van der Waals surface area contributed by atoms with Gasteiger partial charge in [-0.25, -0.2) is 0 Å². The van der Waals surface area contributed by atoms with E-state index < -0.39 is 0 Å². The minimum absolute atomic E-state index is 0.394. The summed E-state index contributed by atoms with van der Waals surface area (Å²) in [6.45, 7) is 2.02. The number of nitrogens with zero attached hydrogens (tertiary/aromatic N) is 1. The van der Waals surface area contributed by atoms with Gasteiger partial charge in [0, 0.05) is 12.6 Å². The Morgan fingerprint density at radius 2 is 1.85 bits per heavy atom. The molecule has 104 valence electrons. The second-order valence-electron chi connectivity index (χ2n) is 4.62. The summed E-state index contributed by atoms with van der Waals surface area (Å²) in [5.41, 5.74) is 9.78. The van der Waals surface area contributed by atoms with Crippen molar-refractivity contribution in [3.63, 3.8) is 0 Å². The van der Waals surface area contributed by atoms with Gasteiger partial charge in [-0.1, -0.05) is 36.0 Å². The number of nitrogens with two attached hydrogens (primary N) is 1. The van der Waals surface area contributed by atoms with Crippen LogP contribution >= 0.6 is 12.2 Å². The molecule has 20 heavy (non-hydrogen) atoms. The third-order valence-electron chi connectivity index (χ3n) is 3.23. The molecule has 0 aliphatic heterocycles. The topological polar surface area (TPSA) is 38.5 Å². The lowest BCUT2D eigenvalue weighted by molar-refractivity contribution is 0.415. The van der Waals surface area contributed by atoms with Gasteiger partial charge < -0.3 is 15.4 Å². The van der Waals surface area contributed by atoms with Gasteiger partial charge in [0.15, 0.2) is 0 Å². The van der Waals surface area contributed by atoms with Crippen LogP contribution < -0.4 is 15.4 Å². The van der Waals surface area contributed by atoms with Crippen LogP contribution in [-0.2, 0) is 0 Å². The van der Waals surface area contributed by atoms with Crippen molar-refractivity contribution in [2.24, 2.45) is 5.73 Å². The van der Waals surface area contributed by atoms with Crippen LogP contribution in [0.1, 0.15) is 11.1 Å². The first-order chi connectivity index (χ1) is 9.54. The Bertz CT molecular complexity index is 640. The fourth-order valence-electron chi connectivity index (χ4n) is 2.18. The molecule has 2 aromatic carbocycles. The van der Waals surface area contributed by atoms with Crippen LogP contribution in [0.4, 0.5) is 11.4 Å². The van der Waals surface area contributed by atoms with Crippen LogP contribution in [0.15, 0.2) is 42.5 Å². The summed E-state index contributed by atoms with van der Waals surface area (Å²) in [7, 11) is 3.64. The number of benzene rings is 2. The minimum Gasteiger partial charge on any atom is -0.495 e. The Kier molecular flexibility index (Phi) is 4.25. The highest BCUT2D eigenvalue weighted by Gasteiger charge is 2.14. The first-order valence-electron chi connectivity index (χ1n) is 6.31. The van der Waals surface area contributed by atoms with Gasteiger partial charge in [-0.05, 0) is 31.2 Å². The van der Waals surface area contributed by atoms with Gasteiger partial charge in [-0.3, -0.25) is 0 Å². The zero-order valence-electron chi connectivity index (χ0n) is 11.9. The molecule has 2 N–H and O–H groups in total. The molecular weight excluding hydrogens is 268 g/mol. The standard InChI is InChI=1S/C16H18N2OS/c1-11-8-9-13(12(10-11)16(17)20)18(2)14-6-4-5-7-15(14)19-3/h4-10H,1-3H3,(H2,17,20). The number of ether oxygens (including phenoxy) is 1. The summed E-state index contributed by atoms with van der Waals surface area (Å²) in [5, 5.41) is 0. The van der Waals surface area contributed by atoms with E-state index in [0.717, 1.165) is 28.3 Å². The Hall–Kier alpha value is -2.07. The van der Waals surface area contributed by atoms with E-state index in [1.165, 1.54) is 0 Å². The van der Waals surface area contributed by atoms with Gasteiger partial charge in [-0.15, -0.1) is 0 Å². The fraction of sp³-hybridized carbons (Fsp3) is 0.188. The van der Waals surface area contributed by atoms with Gasteiger partial charge in [0.05, 0.1) is 18.5 Å². The highest BCUT2D eigenvalue weighted by Crippen LogP contribution is 2.34. The molecule has 4 heteroatoms. The Morgan fingerprint density at radius 3 is 2.50 bits per heavy atom. The highest BCUT2D eigenvalue weighted by atomic mass is 32.1. The van der Waals surface area contributed by atoms with Crippen LogP contribution in [0.3, 0.4) is 0 Å². The molecule has 0 bridgehead atoms. The molecule has 0 heterocycles. The van der Waals surface area contributed by atoms with Crippen LogP contribution in [-0.4, -0.2) is 19.1 Å². The summed E-state index contributed by atoms with van der Waals surface area (Å²) < 4.78 is 5.41. The minimum atomic E-state index is 0.394. The molecule has 0 unspecified atom stereocenters. The van der Waals surface area contributed by atoms with Gasteiger partial charge in [-0.2, -0.15) is 0 Å². The molecule has 0 aliphatic carbocycles. The largest absolute Gasteiger partial charge is 0.495 e. The fourth-order valence-corrected chi connectivity index (χ4v) is 2.34. The van der Waals surface area contributed by atoms with Gasteiger partial charge in [0.1, 0.15) is 10.7 Å². The molecule has 2 aromatic rings. The molecule has 3 nitrogen and oxygen atoms in total. The third kappa shape index (κ3) is 2.75. The van der Waals surface area contributed by atoms with Gasteiger partial charge in [0.25, 0.3) is 0 Å². The van der Waals surface area contributed by atoms with E-state index in [4.69, 9.17) is 22.7 Å². The molecule has 0 radical (unpaired) electrons. The normalized spacial score (nSPS) is 10.2. The van der Waals surface area contributed by atoms with Crippen molar-refractivity contribution in [2.75, 3.05) is 19.1 Å². The van der Waals surface area contributed by atoms with Gasteiger partial charge in [0.2, 0.25) is 0 Å². The van der Waals surface area contributed by atoms with Crippen molar-refractivity contribution in [1.29, 1.82) is 0 Å². The van der Waals surface area contributed by atoms with Crippen LogP contribution in [0.5, 0.6) is 5.75 Å². The maximum absolute atomic E-state index is 5.84. The van der Waals surface area contributed by atoms with E-state index in [9.17, 15) is 0 Å². The molecule has 0 amide bonds. The molecule has 0 aromatic heterocycles. The number of anilines is 2.